The van der Waals surface area contributed by atoms with Crippen molar-refractivity contribution in [1.29, 1.82) is 0 Å². The third-order valence-electron chi connectivity index (χ3n) is 5.46. The van der Waals surface area contributed by atoms with Gasteiger partial charge in [-0.15, -0.1) is 0 Å². The zero-order valence-electron chi connectivity index (χ0n) is 16.1. The van der Waals surface area contributed by atoms with Crippen LogP contribution in [0.5, 0.6) is 0 Å². The van der Waals surface area contributed by atoms with Crippen molar-refractivity contribution in [2.45, 2.75) is 38.3 Å². The second kappa shape index (κ2) is 7.82. The maximum atomic E-state index is 9.65. The number of benzene rings is 1. The molecule has 0 aliphatic carbocycles. The van der Waals surface area contributed by atoms with E-state index in [4.69, 9.17) is 14.7 Å². The summed E-state index contributed by atoms with van der Waals surface area (Å²) in [4.78, 5) is 13.8. The number of nitrogens with zero attached hydrogens (tertiary/aromatic N) is 4. The summed E-state index contributed by atoms with van der Waals surface area (Å²) in [5.41, 5.74) is 3.66. The molecule has 0 spiro atoms. The molecule has 27 heavy (non-hydrogen) atoms. The van der Waals surface area contributed by atoms with Crippen molar-refractivity contribution < 1.29 is 9.84 Å². The van der Waals surface area contributed by atoms with Gasteiger partial charge in [0, 0.05) is 45.3 Å². The molecule has 0 amide bonds. The van der Waals surface area contributed by atoms with Gasteiger partial charge >= 0.3 is 0 Å². The minimum Gasteiger partial charge on any atom is -0.389 e. The van der Waals surface area contributed by atoms with Crippen molar-refractivity contribution in [2.24, 2.45) is 0 Å². The van der Waals surface area contributed by atoms with Crippen LogP contribution < -0.4 is 9.80 Å². The number of β-amino-alcohol motifs (C(OH)–C–C–N with tert-alkyl or cyclic N) is 1. The van der Waals surface area contributed by atoms with Gasteiger partial charge in [-0.2, -0.15) is 4.98 Å². The van der Waals surface area contributed by atoms with E-state index < -0.39 is 0 Å². The van der Waals surface area contributed by atoms with E-state index in [-0.39, 0.29) is 6.10 Å². The molecule has 6 heteroatoms. The molecule has 1 N–H and O–H groups in total. The maximum absolute atomic E-state index is 9.65. The number of ether oxygens (including phenoxy) is 1. The van der Waals surface area contributed by atoms with Crippen LogP contribution in [-0.4, -0.2) is 54.5 Å². The first-order valence-electron chi connectivity index (χ1n) is 9.81. The zero-order valence-corrected chi connectivity index (χ0v) is 16.1. The van der Waals surface area contributed by atoms with Gasteiger partial charge in [-0.05, 0) is 24.0 Å². The Balaban J connectivity index is 1.57. The van der Waals surface area contributed by atoms with Gasteiger partial charge in [-0.25, -0.2) is 4.98 Å². The molecule has 3 heterocycles. The van der Waals surface area contributed by atoms with Crippen LogP contribution in [0.2, 0.25) is 0 Å². The predicted molar refractivity (Wildman–Crippen MR) is 106 cm³/mol. The molecular weight excluding hydrogens is 340 g/mol. The summed E-state index contributed by atoms with van der Waals surface area (Å²) >= 11 is 0. The first-order valence-corrected chi connectivity index (χ1v) is 9.81. The Hall–Kier alpha value is -2.18. The molecule has 2 aromatic rings. The number of hydrogen-bond donors (Lipinski definition) is 1. The summed E-state index contributed by atoms with van der Waals surface area (Å²) < 4.78 is 5.56. The number of hydrogen-bond acceptors (Lipinski definition) is 6. The molecule has 2 saturated heterocycles. The predicted octanol–water partition coefficient (Wildman–Crippen LogP) is 2.36. The molecule has 144 valence electrons. The summed E-state index contributed by atoms with van der Waals surface area (Å²) in [5, 5.41) is 9.65. The van der Waals surface area contributed by atoms with E-state index >= 15 is 0 Å². The summed E-state index contributed by atoms with van der Waals surface area (Å²) in [6.07, 6.45) is 1.78. The van der Waals surface area contributed by atoms with Crippen molar-refractivity contribution >= 4 is 11.8 Å². The lowest BCUT2D eigenvalue weighted by Gasteiger charge is -2.36. The fourth-order valence-corrected chi connectivity index (χ4v) is 3.61. The first kappa shape index (κ1) is 18.2. The molecular formula is C21H28N4O2. The highest BCUT2D eigenvalue weighted by Crippen LogP contribution is 2.29. The SMILES string of the molecule is CCc1ccc(CN(C)c2cc([C@H]3CCOC3)nc(N3CC(O)C3)n2)cc1. The lowest BCUT2D eigenvalue weighted by molar-refractivity contribution is 0.140. The molecule has 2 fully saturated rings. The highest BCUT2D eigenvalue weighted by atomic mass is 16.5. The molecule has 2 aliphatic rings. The van der Waals surface area contributed by atoms with Crippen molar-refractivity contribution in [2.75, 3.05) is 43.2 Å². The van der Waals surface area contributed by atoms with E-state index in [2.05, 4.69) is 49.2 Å². The molecule has 1 aromatic heterocycles. The fraction of sp³-hybridized carbons (Fsp3) is 0.524. The zero-order chi connectivity index (χ0) is 18.8. The fourth-order valence-electron chi connectivity index (χ4n) is 3.61. The Labute approximate surface area is 160 Å². The Bertz CT molecular complexity index is 768. The van der Waals surface area contributed by atoms with E-state index in [1.165, 1.54) is 11.1 Å². The molecule has 2 aliphatic heterocycles. The minimum atomic E-state index is -0.273. The van der Waals surface area contributed by atoms with Gasteiger partial charge in [-0.3, -0.25) is 0 Å². The lowest BCUT2D eigenvalue weighted by atomic mass is 10.0. The molecule has 4 rings (SSSR count). The largest absolute Gasteiger partial charge is 0.389 e. The number of aryl methyl sites for hydroxylation is 1. The molecule has 0 bridgehead atoms. The Morgan fingerprint density at radius 3 is 2.56 bits per heavy atom. The van der Waals surface area contributed by atoms with Gasteiger partial charge in [0.1, 0.15) is 5.82 Å². The highest BCUT2D eigenvalue weighted by molar-refractivity contribution is 5.48. The van der Waals surface area contributed by atoms with Gasteiger partial charge in [0.25, 0.3) is 0 Å². The molecule has 0 radical (unpaired) electrons. The van der Waals surface area contributed by atoms with Gasteiger partial charge in [0.15, 0.2) is 0 Å². The van der Waals surface area contributed by atoms with Gasteiger partial charge in [-0.1, -0.05) is 31.2 Å². The first-order chi connectivity index (χ1) is 13.1. The van der Waals surface area contributed by atoms with Gasteiger partial charge < -0.3 is 19.6 Å². The number of aliphatic hydroxyl groups excluding tert-OH is 1. The van der Waals surface area contributed by atoms with Crippen LogP contribution in [0.25, 0.3) is 0 Å². The van der Waals surface area contributed by atoms with Crippen LogP contribution in [0.4, 0.5) is 11.8 Å². The Morgan fingerprint density at radius 2 is 1.93 bits per heavy atom. The van der Waals surface area contributed by atoms with Crippen LogP contribution in [0.15, 0.2) is 30.3 Å². The van der Waals surface area contributed by atoms with E-state index in [9.17, 15) is 5.11 Å². The number of rotatable bonds is 6. The normalized spacial score (nSPS) is 20.0. The quantitative estimate of drug-likeness (QED) is 0.845. The van der Waals surface area contributed by atoms with Crippen LogP contribution in [0.3, 0.4) is 0 Å². The topological polar surface area (TPSA) is 61.7 Å². The lowest BCUT2D eigenvalue weighted by Crippen LogP contribution is -2.51. The summed E-state index contributed by atoms with van der Waals surface area (Å²) in [6, 6.07) is 10.9. The van der Waals surface area contributed by atoms with Crippen LogP contribution >= 0.6 is 0 Å². The second-order valence-electron chi connectivity index (χ2n) is 7.60. The average Bonchev–Trinajstić information content (AvgIpc) is 3.20. The number of aliphatic hydroxyl groups is 1. The molecule has 1 atom stereocenters. The minimum absolute atomic E-state index is 0.273. The summed E-state index contributed by atoms with van der Waals surface area (Å²) in [6.45, 7) is 5.69. The van der Waals surface area contributed by atoms with E-state index in [0.29, 0.717) is 25.0 Å². The maximum Gasteiger partial charge on any atom is 0.227 e. The van der Waals surface area contributed by atoms with E-state index in [1.54, 1.807) is 0 Å². The van der Waals surface area contributed by atoms with Crippen molar-refractivity contribution in [3.63, 3.8) is 0 Å². The van der Waals surface area contributed by atoms with Gasteiger partial charge in [0.2, 0.25) is 5.95 Å². The third-order valence-corrected chi connectivity index (χ3v) is 5.46. The standard InChI is InChI=1S/C21H28N4O2/c1-3-15-4-6-16(7-5-15)11-24(2)20-10-19(17-8-9-27-14-17)22-21(23-20)25-12-18(26)13-25/h4-7,10,17-18,26H,3,8-9,11-14H2,1-2H3/t17-/m0/s1. The van der Waals surface area contributed by atoms with E-state index in [0.717, 1.165) is 44.1 Å². The van der Waals surface area contributed by atoms with Crippen molar-refractivity contribution in [3.8, 4) is 0 Å². The van der Waals surface area contributed by atoms with Crippen molar-refractivity contribution in [3.05, 3.63) is 47.2 Å². The molecule has 0 saturated carbocycles. The Kier molecular flexibility index (Phi) is 5.27. The number of aromatic nitrogens is 2. The molecule has 0 unspecified atom stereocenters. The van der Waals surface area contributed by atoms with E-state index in [1.807, 2.05) is 4.90 Å². The second-order valence-corrected chi connectivity index (χ2v) is 7.60. The van der Waals surface area contributed by atoms with Gasteiger partial charge in [0.05, 0.1) is 18.4 Å². The smallest absolute Gasteiger partial charge is 0.227 e. The summed E-state index contributed by atoms with van der Waals surface area (Å²) in [7, 11) is 2.07. The number of anilines is 2. The molecule has 6 nitrogen and oxygen atoms in total. The molecule has 1 aromatic carbocycles. The van der Waals surface area contributed by atoms with Crippen LogP contribution in [0, 0.1) is 0 Å². The van der Waals surface area contributed by atoms with Crippen LogP contribution in [0.1, 0.15) is 36.1 Å². The van der Waals surface area contributed by atoms with Crippen LogP contribution in [-0.2, 0) is 17.7 Å². The Morgan fingerprint density at radius 1 is 1.19 bits per heavy atom. The van der Waals surface area contributed by atoms with Crippen molar-refractivity contribution in [1.82, 2.24) is 9.97 Å². The monoisotopic (exact) mass is 368 g/mol. The highest BCUT2D eigenvalue weighted by Gasteiger charge is 2.29. The average molecular weight is 368 g/mol. The third kappa shape index (κ3) is 4.06. The summed E-state index contributed by atoms with van der Waals surface area (Å²) in [5.74, 6) is 1.96.